The number of methoxy groups -OCH3 is 1. The Bertz CT molecular complexity index is 956. The van der Waals surface area contributed by atoms with Crippen LogP contribution in [0, 0.1) is 10.1 Å². The Hall–Kier alpha value is -3.67. The second-order valence-electron chi connectivity index (χ2n) is 6.27. The maximum atomic E-state index is 12.8. The van der Waals surface area contributed by atoms with Gasteiger partial charge >= 0.3 is 0 Å². The minimum Gasteiger partial charge on any atom is -0.497 e. The number of benzene rings is 3. The molecule has 142 valence electrons. The number of para-hydroxylation sites is 1. The highest BCUT2D eigenvalue weighted by Gasteiger charge is 2.19. The van der Waals surface area contributed by atoms with Crippen molar-refractivity contribution in [3.63, 3.8) is 0 Å². The van der Waals surface area contributed by atoms with Crippen molar-refractivity contribution in [2.24, 2.45) is 0 Å². The zero-order valence-corrected chi connectivity index (χ0v) is 15.4. The fourth-order valence-electron chi connectivity index (χ4n) is 2.92. The van der Waals surface area contributed by atoms with Gasteiger partial charge in [-0.3, -0.25) is 14.9 Å². The summed E-state index contributed by atoms with van der Waals surface area (Å²) in [6, 6.07) is 22.3. The Labute approximate surface area is 162 Å². The van der Waals surface area contributed by atoms with E-state index in [-0.39, 0.29) is 17.9 Å². The smallest absolute Gasteiger partial charge is 0.269 e. The molecule has 0 aliphatic rings. The van der Waals surface area contributed by atoms with Crippen LogP contribution in [-0.2, 0) is 0 Å². The molecular weight excluding hydrogens is 356 g/mol. The number of Topliss-reactive ketones (excluding diaryl/α,β-unsaturated/α-hetero) is 1. The van der Waals surface area contributed by atoms with Gasteiger partial charge in [-0.15, -0.1) is 0 Å². The summed E-state index contributed by atoms with van der Waals surface area (Å²) in [6.07, 6.45) is 0.155. The van der Waals surface area contributed by atoms with Gasteiger partial charge in [-0.25, -0.2) is 0 Å². The zero-order chi connectivity index (χ0) is 19.9. The SMILES string of the molecule is COc1ccc(C(=O)CC(Nc2ccccc2)c2cccc([N+](=O)[O-])c2)cc1. The molecule has 6 nitrogen and oxygen atoms in total. The molecule has 0 aromatic heterocycles. The highest BCUT2D eigenvalue weighted by molar-refractivity contribution is 5.96. The van der Waals surface area contributed by atoms with Crippen LogP contribution in [0.15, 0.2) is 78.9 Å². The molecule has 6 heteroatoms. The average molecular weight is 376 g/mol. The summed E-state index contributed by atoms with van der Waals surface area (Å²) in [7, 11) is 1.57. The van der Waals surface area contributed by atoms with Gasteiger partial charge in [0, 0.05) is 29.8 Å². The molecule has 0 heterocycles. The van der Waals surface area contributed by atoms with E-state index in [1.54, 1.807) is 43.5 Å². The molecule has 0 bridgehead atoms. The molecule has 0 radical (unpaired) electrons. The van der Waals surface area contributed by atoms with Crippen LogP contribution < -0.4 is 10.1 Å². The highest BCUT2D eigenvalue weighted by Crippen LogP contribution is 2.27. The number of hydrogen-bond donors (Lipinski definition) is 1. The molecule has 0 amide bonds. The van der Waals surface area contributed by atoms with E-state index < -0.39 is 11.0 Å². The minimum atomic E-state index is -0.436. The lowest BCUT2D eigenvalue weighted by Crippen LogP contribution is -2.16. The van der Waals surface area contributed by atoms with Crippen molar-refractivity contribution in [2.45, 2.75) is 12.5 Å². The van der Waals surface area contributed by atoms with E-state index in [4.69, 9.17) is 4.74 Å². The number of nitro benzene ring substituents is 1. The number of nitro groups is 1. The number of carbonyl (C=O) groups is 1. The number of nitrogens with one attached hydrogen (secondary N) is 1. The molecule has 28 heavy (non-hydrogen) atoms. The summed E-state index contributed by atoms with van der Waals surface area (Å²) < 4.78 is 5.13. The largest absolute Gasteiger partial charge is 0.497 e. The van der Waals surface area contributed by atoms with Crippen LogP contribution >= 0.6 is 0 Å². The number of anilines is 1. The number of hydrogen-bond acceptors (Lipinski definition) is 5. The molecule has 1 atom stereocenters. The van der Waals surface area contributed by atoms with Crippen molar-refractivity contribution >= 4 is 17.2 Å². The zero-order valence-electron chi connectivity index (χ0n) is 15.4. The second kappa shape index (κ2) is 8.81. The van der Waals surface area contributed by atoms with Crippen molar-refractivity contribution in [1.82, 2.24) is 0 Å². The van der Waals surface area contributed by atoms with Crippen LogP contribution in [0.25, 0.3) is 0 Å². The van der Waals surface area contributed by atoms with E-state index in [2.05, 4.69) is 5.32 Å². The van der Waals surface area contributed by atoms with Crippen LogP contribution in [0.5, 0.6) is 5.75 Å². The van der Waals surface area contributed by atoms with Gasteiger partial charge in [0.25, 0.3) is 5.69 Å². The van der Waals surface area contributed by atoms with Crippen LogP contribution in [-0.4, -0.2) is 17.8 Å². The molecule has 3 aromatic rings. The first-order valence-electron chi connectivity index (χ1n) is 8.80. The van der Waals surface area contributed by atoms with Crippen molar-refractivity contribution < 1.29 is 14.5 Å². The third kappa shape index (κ3) is 4.73. The van der Waals surface area contributed by atoms with E-state index in [0.717, 1.165) is 5.69 Å². The lowest BCUT2D eigenvalue weighted by molar-refractivity contribution is -0.384. The quantitative estimate of drug-likeness (QED) is 0.339. The van der Waals surface area contributed by atoms with Crippen molar-refractivity contribution in [3.05, 3.63) is 100 Å². The third-order valence-corrected chi connectivity index (χ3v) is 4.40. The average Bonchev–Trinajstić information content (AvgIpc) is 2.74. The molecule has 1 N–H and O–H groups in total. The topological polar surface area (TPSA) is 81.5 Å². The molecule has 3 aromatic carbocycles. The van der Waals surface area contributed by atoms with Crippen LogP contribution in [0.2, 0.25) is 0 Å². The van der Waals surface area contributed by atoms with E-state index in [9.17, 15) is 14.9 Å². The first-order valence-corrected chi connectivity index (χ1v) is 8.80. The fraction of sp³-hybridized carbons (Fsp3) is 0.136. The number of ether oxygens (including phenoxy) is 1. The van der Waals surface area contributed by atoms with Crippen LogP contribution in [0.1, 0.15) is 28.4 Å². The first-order chi connectivity index (χ1) is 13.6. The van der Waals surface area contributed by atoms with Gasteiger partial charge in [0.05, 0.1) is 18.1 Å². The number of non-ortho nitro benzene ring substituents is 1. The Balaban J connectivity index is 1.88. The van der Waals surface area contributed by atoms with Gasteiger partial charge in [0.1, 0.15) is 5.75 Å². The third-order valence-electron chi connectivity index (χ3n) is 4.40. The Morgan fingerprint density at radius 3 is 2.39 bits per heavy atom. The molecule has 3 rings (SSSR count). The van der Waals surface area contributed by atoms with Crippen LogP contribution in [0.3, 0.4) is 0 Å². The van der Waals surface area contributed by atoms with Gasteiger partial charge in [-0.1, -0.05) is 30.3 Å². The Kier molecular flexibility index (Phi) is 6.01. The summed E-state index contributed by atoms with van der Waals surface area (Å²) in [5, 5.41) is 14.5. The fourth-order valence-corrected chi connectivity index (χ4v) is 2.92. The van der Waals surface area contributed by atoms with E-state index in [1.165, 1.54) is 12.1 Å². The molecule has 0 saturated carbocycles. The van der Waals surface area contributed by atoms with E-state index in [1.807, 2.05) is 30.3 Å². The maximum absolute atomic E-state index is 12.8. The van der Waals surface area contributed by atoms with Gasteiger partial charge in [-0.05, 0) is 42.0 Å². The van der Waals surface area contributed by atoms with Gasteiger partial charge < -0.3 is 10.1 Å². The van der Waals surface area contributed by atoms with Gasteiger partial charge in [0.2, 0.25) is 0 Å². The minimum absolute atomic E-state index is 0.00532. The monoisotopic (exact) mass is 376 g/mol. The number of rotatable bonds is 8. The molecular formula is C22H20N2O4. The standard InChI is InChI=1S/C22H20N2O4/c1-28-20-12-10-16(11-13-20)22(25)15-21(23-18-7-3-2-4-8-18)17-6-5-9-19(14-17)24(26)27/h2-14,21,23H,15H2,1H3. The molecule has 0 aliphatic heterocycles. The summed E-state index contributed by atoms with van der Waals surface area (Å²) in [6.45, 7) is 0. The molecule has 0 spiro atoms. The Morgan fingerprint density at radius 1 is 1.04 bits per heavy atom. The number of carbonyl (C=O) groups excluding carboxylic acids is 1. The summed E-state index contributed by atoms with van der Waals surface area (Å²) in [4.78, 5) is 23.5. The van der Waals surface area contributed by atoms with E-state index >= 15 is 0 Å². The maximum Gasteiger partial charge on any atom is 0.269 e. The summed E-state index contributed by atoms with van der Waals surface area (Å²) in [5.41, 5.74) is 2.07. The number of nitrogens with zero attached hydrogens (tertiary/aromatic N) is 1. The molecule has 0 fully saturated rings. The van der Waals surface area contributed by atoms with Gasteiger partial charge in [-0.2, -0.15) is 0 Å². The highest BCUT2D eigenvalue weighted by atomic mass is 16.6. The summed E-state index contributed by atoms with van der Waals surface area (Å²) >= 11 is 0. The Morgan fingerprint density at radius 2 is 1.75 bits per heavy atom. The first kappa shape index (κ1) is 19.1. The lowest BCUT2D eigenvalue weighted by atomic mass is 9.97. The van der Waals surface area contributed by atoms with Crippen molar-refractivity contribution in [1.29, 1.82) is 0 Å². The van der Waals surface area contributed by atoms with Crippen molar-refractivity contribution in [2.75, 3.05) is 12.4 Å². The number of ketones is 1. The van der Waals surface area contributed by atoms with Gasteiger partial charge in [0.15, 0.2) is 5.78 Å². The normalized spacial score (nSPS) is 11.5. The molecule has 0 saturated heterocycles. The molecule has 0 aliphatic carbocycles. The second-order valence-corrected chi connectivity index (χ2v) is 6.27. The summed E-state index contributed by atoms with van der Waals surface area (Å²) in [5.74, 6) is 0.608. The lowest BCUT2D eigenvalue weighted by Gasteiger charge is -2.20. The van der Waals surface area contributed by atoms with Crippen LogP contribution in [0.4, 0.5) is 11.4 Å². The predicted molar refractivity (Wildman–Crippen MR) is 108 cm³/mol. The van der Waals surface area contributed by atoms with Crippen molar-refractivity contribution in [3.8, 4) is 5.75 Å². The van der Waals surface area contributed by atoms with E-state index in [0.29, 0.717) is 16.9 Å². The molecule has 1 unspecified atom stereocenters. The predicted octanol–water partition coefficient (Wildman–Crippen LogP) is 5.03.